The van der Waals surface area contributed by atoms with Gasteiger partial charge in [-0.15, -0.1) is 12.4 Å². The number of nitrogens with zero attached hydrogens (tertiary/aromatic N) is 2. The number of hydrogen-bond acceptors (Lipinski definition) is 3. The van der Waals surface area contributed by atoms with E-state index in [0.717, 1.165) is 50.6 Å². The quantitative estimate of drug-likeness (QED) is 0.562. The molecule has 1 fully saturated rings. The van der Waals surface area contributed by atoms with Gasteiger partial charge in [-0.25, -0.2) is 0 Å². The minimum absolute atomic E-state index is 0. The number of carbonyl (C=O) groups excluding carboxylic acids is 1. The van der Waals surface area contributed by atoms with Gasteiger partial charge in [0.05, 0.1) is 0 Å². The Morgan fingerprint density at radius 1 is 1.16 bits per heavy atom. The van der Waals surface area contributed by atoms with Gasteiger partial charge in [0.25, 0.3) is 0 Å². The van der Waals surface area contributed by atoms with Crippen molar-refractivity contribution in [2.75, 3.05) is 42.9 Å². The lowest BCUT2D eigenvalue weighted by Gasteiger charge is -2.38. The molecule has 2 aliphatic rings. The molecule has 0 radical (unpaired) electrons. The van der Waals surface area contributed by atoms with Gasteiger partial charge >= 0.3 is 0 Å². The molecule has 1 amide bonds. The summed E-state index contributed by atoms with van der Waals surface area (Å²) in [6.07, 6.45) is 8.52. The number of unbranched alkanes of at least 4 members (excludes halogenated alkanes) is 1. The number of halogens is 1. The second-order valence-corrected chi connectivity index (χ2v) is 10.2. The summed E-state index contributed by atoms with van der Waals surface area (Å²) in [5, 5.41) is 2.98. The molecule has 1 unspecified atom stereocenters. The summed E-state index contributed by atoms with van der Waals surface area (Å²) >= 11 is 0. The third kappa shape index (κ3) is 6.98. The smallest absolute Gasteiger partial charge is 0.221 e. The van der Waals surface area contributed by atoms with Gasteiger partial charge in [-0.1, -0.05) is 40.2 Å². The van der Waals surface area contributed by atoms with Gasteiger partial charge in [0.15, 0.2) is 0 Å². The summed E-state index contributed by atoms with van der Waals surface area (Å²) in [7, 11) is 0. The maximum Gasteiger partial charge on any atom is 0.221 e. The van der Waals surface area contributed by atoms with E-state index in [4.69, 9.17) is 0 Å². The largest absolute Gasteiger partial charge is 0.368 e. The van der Waals surface area contributed by atoms with E-state index >= 15 is 0 Å². The molecule has 1 aliphatic heterocycles. The van der Waals surface area contributed by atoms with Crippen molar-refractivity contribution in [3.8, 4) is 0 Å². The minimum atomic E-state index is -0.0105. The molecule has 3 rings (SSSR count). The van der Waals surface area contributed by atoms with Gasteiger partial charge < -0.3 is 10.2 Å². The highest BCUT2D eigenvalue weighted by Gasteiger charge is 2.28. The molecule has 0 spiro atoms. The van der Waals surface area contributed by atoms with Crippen molar-refractivity contribution in [3.05, 3.63) is 29.8 Å². The second-order valence-electron chi connectivity index (χ2n) is 10.2. The van der Waals surface area contributed by atoms with Crippen molar-refractivity contribution in [2.24, 2.45) is 11.3 Å². The Morgan fingerprint density at radius 2 is 1.87 bits per heavy atom. The fraction of sp³-hybridized carbons (Fsp3) is 0.654. The molecular weight excluding hydrogens is 406 g/mol. The summed E-state index contributed by atoms with van der Waals surface area (Å²) in [5.41, 5.74) is 5.36. The van der Waals surface area contributed by atoms with Crippen LogP contribution in [0, 0.1) is 11.3 Å². The average molecular weight is 448 g/mol. The van der Waals surface area contributed by atoms with E-state index in [2.05, 4.69) is 67.1 Å². The molecule has 1 aromatic rings. The molecule has 1 aliphatic carbocycles. The lowest BCUT2D eigenvalue weighted by atomic mass is 9.72. The molecule has 1 aromatic carbocycles. The normalized spacial score (nSPS) is 20.1. The molecule has 1 heterocycles. The summed E-state index contributed by atoms with van der Waals surface area (Å²) in [4.78, 5) is 16.8. The first-order chi connectivity index (χ1) is 14.3. The van der Waals surface area contributed by atoms with Crippen LogP contribution in [0.3, 0.4) is 0 Å². The summed E-state index contributed by atoms with van der Waals surface area (Å²) < 4.78 is 0. The first kappa shape index (κ1) is 25.7. The van der Waals surface area contributed by atoms with Gasteiger partial charge in [0, 0.05) is 50.0 Å². The Hall–Kier alpha value is -1.52. The molecule has 1 saturated heterocycles. The Balaban J connectivity index is 0.00000341. The molecule has 4 nitrogen and oxygen atoms in total. The first-order valence-electron chi connectivity index (χ1n) is 11.9. The predicted molar refractivity (Wildman–Crippen MR) is 136 cm³/mol. The number of allylic oxidation sites excluding steroid dienone is 2. The summed E-state index contributed by atoms with van der Waals surface area (Å²) in [6, 6.07) is 6.48. The molecular formula is C26H42ClN3O. The Kier molecular flexibility index (Phi) is 9.45. The monoisotopic (exact) mass is 447 g/mol. The van der Waals surface area contributed by atoms with Crippen LogP contribution in [-0.2, 0) is 4.79 Å². The first-order valence-corrected chi connectivity index (χ1v) is 11.9. The number of piperazine rings is 1. The Labute approximate surface area is 195 Å². The van der Waals surface area contributed by atoms with Crippen molar-refractivity contribution in [3.63, 3.8) is 0 Å². The molecule has 0 bridgehead atoms. The fourth-order valence-corrected chi connectivity index (χ4v) is 4.81. The van der Waals surface area contributed by atoms with Crippen LogP contribution in [0.2, 0.25) is 0 Å². The van der Waals surface area contributed by atoms with Gasteiger partial charge in [-0.05, 0) is 67.3 Å². The average Bonchev–Trinajstić information content (AvgIpc) is 2.72. The van der Waals surface area contributed by atoms with E-state index in [0.29, 0.717) is 5.41 Å². The third-order valence-corrected chi connectivity index (χ3v) is 6.84. The van der Waals surface area contributed by atoms with Crippen molar-refractivity contribution in [2.45, 2.75) is 66.7 Å². The molecule has 1 N–H and O–H groups in total. The maximum atomic E-state index is 11.6. The summed E-state index contributed by atoms with van der Waals surface area (Å²) in [5.74, 6) is 0.731. The Bertz CT molecular complexity index is 760. The van der Waals surface area contributed by atoms with Crippen LogP contribution in [0.5, 0.6) is 0 Å². The van der Waals surface area contributed by atoms with E-state index in [1.807, 2.05) is 0 Å². The predicted octanol–water partition coefficient (Wildman–Crippen LogP) is 6.22. The van der Waals surface area contributed by atoms with Crippen LogP contribution < -0.4 is 10.2 Å². The molecule has 0 saturated carbocycles. The SMILES string of the molecule is CCCCN1CCN(c2ccc(NC(C)=O)cc2C2=CCC(C(C)(C)C)CC2)CC1.Cl. The topological polar surface area (TPSA) is 35.6 Å². The number of benzene rings is 1. The second kappa shape index (κ2) is 11.4. The molecule has 1 atom stereocenters. The number of anilines is 2. The zero-order chi connectivity index (χ0) is 21.7. The van der Waals surface area contributed by atoms with Crippen molar-refractivity contribution < 1.29 is 4.79 Å². The van der Waals surface area contributed by atoms with Gasteiger partial charge in [-0.3, -0.25) is 9.69 Å². The van der Waals surface area contributed by atoms with Gasteiger partial charge in [0.2, 0.25) is 5.91 Å². The molecule has 174 valence electrons. The molecule has 31 heavy (non-hydrogen) atoms. The third-order valence-electron chi connectivity index (χ3n) is 6.84. The van der Waals surface area contributed by atoms with Crippen LogP contribution in [0.1, 0.15) is 72.3 Å². The van der Waals surface area contributed by atoms with Crippen molar-refractivity contribution >= 4 is 35.3 Å². The maximum absolute atomic E-state index is 11.6. The lowest BCUT2D eigenvalue weighted by Crippen LogP contribution is -2.46. The lowest BCUT2D eigenvalue weighted by molar-refractivity contribution is -0.114. The van der Waals surface area contributed by atoms with E-state index in [1.54, 1.807) is 6.92 Å². The van der Waals surface area contributed by atoms with E-state index in [-0.39, 0.29) is 18.3 Å². The number of rotatable bonds is 6. The molecule has 5 heteroatoms. The van der Waals surface area contributed by atoms with Crippen LogP contribution in [0.4, 0.5) is 11.4 Å². The van der Waals surface area contributed by atoms with Crippen LogP contribution >= 0.6 is 12.4 Å². The Morgan fingerprint density at radius 3 is 2.42 bits per heavy atom. The van der Waals surface area contributed by atoms with Gasteiger partial charge in [0.1, 0.15) is 0 Å². The number of hydrogen-bond donors (Lipinski definition) is 1. The molecule has 0 aromatic heterocycles. The number of nitrogens with one attached hydrogen (secondary N) is 1. The van der Waals surface area contributed by atoms with Crippen molar-refractivity contribution in [1.82, 2.24) is 4.90 Å². The van der Waals surface area contributed by atoms with Gasteiger partial charge in [-0.2, -0.15) is 0 Å². The van der Waals surface area contributed by atoms with E-state index in [9.17, 15) is 4.79 Å². The highest BCUT2D eigenvalue weighted by Crippen LogP contribution is 2.42. The summed E-state index contributed by atoms with van der Waals surface area (Å²) in [6.45, 7) is 16.6. The minimum Gasteiger partial charge on any atom is -0.368 e. The highest BCUT2D eigenvalue weighted by molar-refractivity contribution is 5.90. The zero-order valence-electron chi connectivity index (χ0n) is 20.2. The fourth-order valence-electron chi connectivity index (χ4n) is 4.81. The highest BCUT2D eigenvalue weighted by atomic mass is 35.5. The van der Waals surface area contributed by atoms with E-state index in [1.165, 1.54) is 42.6 Å². The zero-order valence-corrected chi connectivity index (χ0v) is 21.0. The van der Waals surface area contributed by atoms with Crippen LogP contribution in [0.15, 0.2) is 24.3 Å². The number of amides is 1. The number of carbonyl (C=O) groups is 1. The van der Waals surface area contributed by atoms with Crippen LogP contribution in [0.25, 0.3) is 5.57 Å². The van der Waals surface area contributed by atoms with Crippen molar-refractivity contribution in [1.29, 1.82) is 0 Å². The van der Waals surface area contributed by atoms with Crippen LogP contribution in [-0.4, -0.2) is 43.5 Å². The van der Waals surface area contributed by atoms with E-state index < -0.39 is 0 Å². The standard InChI is InChI=1S/C26H41N3O.ClH/c1-6-7-14-28-15-17-29(18-16-28)25-13-12-23(27-20(2)30)19-24(25)21-8-10-22(11-9-21)26(3,4)5;/h8,12-13,19,22H,6-7,9-11,14-18H2,1-5H3,(H,27,30);1H.